The molecule has 6 aliphatic carbocycles. The van der Waals surface area contributed by atoms with Crippen molar-refractivity contribution in [2.45, 2.75) is 0 Å². The summed E-state index contributed by atoms with van der Waals surface area (Å²) in [6.45, 7) is 0. The second-order valence-corrected chi connectivity index (χ2v) is 8.12. The zero-order valence-electron chi connectivity index (χ0n) is 15.5. The first-order valence-electron chi connectivity index (χ1n) is 9.51. The van der Waals surface area contributed by atoms with Gasteiger partial charge in [-0.2, -0.15) is 0 Å². The van der Waals surface area contributed by atoms with Gasteiger partial charge in [0.1, 0.15) is 0 Å². The molecule has 2 saturated carbocycles. The van der Waals surface area contributed by atoms with Crippen LogP contribution < -0.4 is 0 Å². The highest BCUT2D eigenvalue weighted by atomic mass is 16.5. The van der Waals surface area contributed by atoms with Gasteiger partial charge in [0.15, 0.2) is 11.6 Å². The molecule has 144 valence electrons. The molecule has 0 aliphatic heterocycles. The summed E-state index contributed by atoms with van der Waals surface area (Å²) in [6.07, 6.45) is 10.1. The molecule has 0 N–H and O–H groups in total. The lowest BCUT2D eigenvalue weighted by molar-refractivity contribution is -0.143. The molecule has 0 spiro atoms. The Morgan fingerprint density at radius 1 is 0.714 bits per heavy atom. The van der Waals surface area contributed by atoms with Gasteiger partial charge in [0.05, 0.1) is 26.1 Å². The Kier molecular flexibility index (Phi) is 3.63. The maximum atomic E-state index is 12.8. The maximum absolute atomic E-state index is 12.8. The first-order chi connectivity index (χ1) is 13.5. The van der Waals surface area contributed by atoms with Crippen molar-refractivity contribution in [1.82, 2.24) is 0 Å². The smallest absolute Gasteiger partial charge is 0.316 e. The number of carbonyl (C=O) groups excluding carboxylic acids is 4. The van der Waals surface area contributed by atoms with E-state index >= 15 is 0 Å². The van der Waals surface area contributed by atoms with Gasteiger partial charge in [0, 0.05) is 11.8 Å². The zero-order valence-corrected chi connectivity index (χ0v) is 15.5. The molecule has 0 heterocycles. The van der Waals surface area contributed by atoms with E-state index in [1.54, 1.807) is 12.2 Å². The summed E-state index contributed by atoms with van der Waals surface area (Å²) in [5, 5.41) is 0. The van der Waals surface area contributed by atoms with E-state index in [0.717, 1.165) is 11.1 Å². The van der Waals surface area contributed by atoms with Crippen molar-refractivity contribution in [3.63, 3.8) is 0 Å². The molecule has 6 unspecified atom stereocenters. The molecule has 0 saturated heterocycles. The average Bonchev–Trinajstić information content (AvgIpc) is 3.48. The normalized spacial score (nSPS) is 41.8. The van der Waals surface area contributed by atoms with Crippen LogP contribution in [0.2, 0.25) is 0 Å². The van der Waals surface area contributed by atoms with E-state index in [-0.39, 0.29) is 53.1 Å². The van der Waals surface area contributed by atoms with Crippen LogP contribution >= 0.6 is 0 Å². The number of hydrogen-bond donors (Lipinski definition) is 0. The van der Waals surface area contributed by atoms with Crippen molar-refractivity contribution in [3.05, 3.63) is 47.6 Å². The van der Waals surface area contributed by atoms with Crippen molar-refractivity contribution < 1.29 is 28.7 Å². The Balaban J connectivity index is 1.63. The van der Waals surface area contributed by atoms with Gasteiger partial charge in [0.2, 0.25) is 0 Å². The predicted octanol–water partition coefficient (Wildman–Crippen LogP) is 1.43. The van der Waals surface area contributed by atoms with Gasteiger partial charge in [-0.3, -0.25) is 19.2 Å². The first-order valence-corrected chi connectivity index (χ1v) is 9.51. The number of methoxy groups -OCH3 is 2. The van der Waals surface area contributed by atoms with Crippen LogP contribution in [0, 0.1) is 47.3 Å². The van der Waals surface area contributed by atoms with Crippen molar-refractivity contribution in [1.29, 1.82) is 0 Å². The Morgan fingerprint density at radius 2 is 1.18 bits per heavy atom. The highest BCUT2D eigenvalue weighted by Gasteiger charge is 2.73. The second kappa shape index (κ2) is 5.87. The van der Waals surface area contributed by atoms with Crippen LogP contribution in [0.1, 0.15) is 0 Å². The second-order valence-electron chi connectivity index (χ2n) is 8.12. The largest absolute Gasteiger partial charge is 0.469 e. The summed E-state index contributed by atoms with van der Waals surface area (Å²) in [7, 11) is 2.72. The van der Waals surface area contributed by atoms with E-state index in [1.807, 2.05) is 12.2 Å². The van der Waals surface area contributed by atoms with E-state index in [2.05, 4.69) is 0 Å². The van der Waals surface area contributed by atoms with E-state index < -0.39 is 17.8 Å². The number of allylic oxidation sites excluding steroid dienone is 6. The highest BCUT2D eigenvalue weighted by molar-refractivity contribution is 6.08. The van der Waals surface area contributed by atoms with E-state index in [0.29, 0.717) is 0 Å². The minimum atomic E-state index is -0.505. The molecule has 0 aromatic carbocycles. The van der Waals surface area contributed by atoms with Gasteiger partial charge in [-0.1, -0.05) is 24.3 Å². The molecular formula is C22H20O6. The topological polar surface area (TPSA) is 86.7 Å². The predicted molar refractivity (Wildman–Crippen MR) is 96.4 cm³/mol. The third kappa shape index (κ3) is 2.09. The molecule has 2 bridgehead atoms. The van der Waals surface area contributed by atoms with Crippen LogP contribution in [0.5, 0.6) is 0 Å². The highest BCUT2D eigenvalue weighted by Crippen LogP contribution is 2.72. The monoisotopic (exact) mass is 380 g/mol. The van der Waals surface area contributed by atoms with Crippen LogP contribution in [0.4, 0.5) is 0 Å². The molecule has 0 aromatic rings. The summed E-state index contributed by atoms with van der Waals surface area (Å²) in [4.78, 5) is 49.9. The van der Waals surface area contributed by atoms with Gasteiger partial charge < -0.3 is 9.47 Å². The first kappa shape index (κ1) is 17.3. The van der Waals surface area contributed by atoms with Gasteiger partial charge in [0.25, 0.3) is 0 Å². The Bertz CT molecular complexity index is 877. The van der Waals surface area contributed by atoms with Crippen molar-refractivity contribution in [2.75, 3.05) is 14.2 Å². The van der Waals surface area contributed by atoms with Crippen LogP contribution in [0.25, 0.3) is 0 Å². The number of ketones is 2. The maximum Gasteiger partial charge on any atom is 0.316 e. The number of ether oxygens (including phenoxy) is 2. The minimum Gasteiger partial charge on any atom is -0.469 e. The fraction of sp³-hybridized carbons (Fsp3) is 0.455. The van der Waals surface area contributed by atoms with Crippen molar-refractivity contribution >= 4 is 23.5 Å². The number of hydrogen-bond acceptors (Lipinski definition) is 6. The number of rotatable bonds is 2. The standard InChI is InChI=1S/C22H20O6/c1-27-21(25)9-3-5-10-11(6-4-9)15-17-13(24)8-7-12(23)16(17)14(10)18-19(15)20(18)22(26)28-2/h3-9,14-20H,1-2H3. The Labute approximate surface area is 161 Å². The summed E-state index contributed by atoms with van der Waals surface area (Å²) in [5.41, 5.74) is 1.94. The molecule has 2 fully saturated rings. The average molecular weight is 380 g/mol. The van der Waals surface area contributed by atoms with Crippen LogP contribution in [0.3, 0.4) is 0 Å². The molecule has 6 atom stereocenters. The van der Waals surface area contributed by atoms with Crippen molar-refractivity contribution in [3.8, 4) is 0 Å². The zero-order chi connectivity index (χ0) is 19.7. The van der Waals surface area contributed by atoms with Gasteiger partial charge in [-0.15, -0.1) is 0 Å². The third-order valence-electron chi connectivity index (χ3n) is 7.16. The Morgan fingerprint density at radius 3 is 1.61 bits per heavy atom. The fourth-order valence-electron chi connectivity index (χ4n) is 6.13. The molecule has 0 radical (unpaired) electrons. The number of carbonyl (C=O) groups is 4. The van der Waals surface area contributed by atoms with Crippen LogP contribution in [0.15, 0.2) is 47.6 Å². The summed E-state index contributed by atoms with van der Waals surface area (Å²) >= 11 is 0. The van der Waals surface area contributed by atoms with Crippen LogP contribution in [-0.2, 0) is 28.7 Å². The molecule has 28 heavy (non-hydrogen) atoms. The molecule has 6 heteroatoms. The quantitative estimate of drug-likeness (QED) is 0.674. The lowest BCUT2D eigenvalue weighted by atomic mass is 9.53. The molecular weight excluding hydrogens is 360 g/mol. The summed E-state index contributed by atoms with van der Waals surface area (Å²) in [6, 6.07) is 0. The summed E-state index contributed by atoms with van der Waals surface area (Å²) in [5.74, 6) is -2.80. The molecule has 6 rings (SSSR count). The molecule has 0 aromatic heterocycles. The fourth-order valence-corrected chi connectivity index (χ4v) is 6.13. The van der Waals surface area contributed by atoms with E-state index in [4.69, 9.17) is 9.47 Å². The molecule has 0 amide bonds. The van der Waals surface area contributed by atoms with E-state index in [9.17, 15) is 19.2 Å². The lowest BCUT2D eigenvalue weighted by Crippen LogP contribution is -2.50. The van der Waals surface area contributed by atoms with E-state index in [1.165, 1.54) is 26.4 Å². The minimum absolute atomic E-state index is 0.00780. The molecule has 6 nitrogen and oxygen atoms in total. The summed E-state index contributed by atoms with van der Waals surface area (Å²) < 4.78 is 9.85. The van der Waals surface area contributed by atoms with Crippen LogP contribution in [-0.4, -0.2) is 37.7 Å². The van der Waals surface area contributed by atoms with Gasteiger partial charge in [-0.25, -0.2) is 0 Å². The molecule has 6 aliphatic rings. The SMILES string of the molecule is COC(=O)C1C=CC2=C(C=C1)C1C3C(=O)C=CC(=O)C3C2C2C(C(=O)OC)C12. The Hall–Kier alpha value is -2.76. The van der Waals surface area contributed by atoms with Gasteiger partial charge >= 0.3 is 11.9 Å². The van der Waals surface area contributed by atoms with Crippen molar-refractivity contribution in [2.24, 2.45) is 47.3 Å². The van der Waals surface area contributed by atoms with Gasteiger partial charge in [-0.05, 0) is 47.0 Å². The third-order valence-corrected chi connectivity index (χ3v) is 7.16. The number of esters is 2. The lowest BCUT2D eigenvalue weighted by Gasteiger charge is -2.48.